The molecule has 0 aliphatic carbocycles. The van der Waals surface area contributed by atoms with Gasteiger partial charge in [-0.2, -0.15) is 0 Å². The topological polar surface area (TPSA) is 18.5 Å². The van der Waals surface area contributed by atoms with Gasteiger partial charge >= 0.3 is 0 Å². The molecule has 0 radical (unpaired) electrons. The van der Waals surface area contributed by atoms with Crippen LogP contribution in [0.25, 0.3) is 11.1 Å². The van der Waals surface area contributed by atoms with Crippen molar-refractivity contribution in [3.63, 3.8) is 0 Å². The Morgan fingerprint density at radius 2 is 0.893 bits per heavy atom. The lowest BCUT2D eigenvalue weighted by atomic mass is 9.71. The largest absolute Gasteiger partial charge is 0.379 e. The second kappa shape index (κ2) is 7.00. The second-order valence-corrected chi connectivity index (χ2v) is 9.22. The van der Waals surface area contributed by atoms with Crippen LogP contribution >= 0.6 is 0 Å². The molecule has 2 nitrogen and oxygen atoms in total. The summed E-state index contributed by atoms with van der Waals surface area (Å²) >= 11 is 0. The molecule has 2 aromatic carbocycles. The maximum atomic E-state index is 5.60. The van der Waals surface area contributed by atoms with Gasteiger partial charge in [0.15, 0.2) is 0 Å². The fourth-order valence-corrected chi connectivity index (χ4v) is 5.68. The molecule has 2 aliphatic rings. The van der Waals surface area contributed by atoms with E-state index in [-0.39, 0.29) is 10.8 Å². The third-order valence-electron chi connectivity index (χ3n) is 7.33. The first kappa shape index (κ1) is 19.7. The molecule has 0 saturated carbocycles. The first-order valence-corrected chi connectivity index (χ1v) is 10.7. The molecule has 2 fully saturated rings. The zero-order valence-electron chi connectivity index (χ0n) is 18.4. The summed E-state index contributed by atoms with van der Waals surface area (Å²) in [5.41, 5.74) is 11.7. The van der Waals surface area contributed by atoms with Crippen LogP contribution in [-0.4, -0.2) is 26.4 Å². The van der Waals surface area contributed by atoms with E-state index < -0.39 is 0 Å². The Balaban J connectivity index is 1.76. The number of aryl methyl sites for hydroxylation is 4. The normalized spacial score (nSPS) is 19.8. The summed E-state index contributed by atoms with van der Waals surface area (Å²) in [5.74, 6) is 0. The van der Waals surface area contributed by atoms with Gasteiger partial charge in [-0.3, -0.25) is 0 Å². The molecule has 150 valence electrons. The summed E-state index contributed by atoms with van der Waals surface area (Å²) < 4.78 is 11.2. The highest BCUT2D eigenvalue weighted by Gasteiger charge is 2.41. The fraction of sp³-hybridized carbons (Fsp3) is 0.538. The van der Waals surface area contributed by atoms with Crippen molar-refractivity contribution < 1.29 is 9.47 Å². The van der Waals surface area contributed by atoms with E-state index in [0.29, 0.717) is 0 Å². The van der Waals surface area contributed by atoms with E-state index in [9.17, 15) is 0 Å². The van der Waals surface area contributed by atoms with Gasteiger partial charge in [0.25, 0.3) is 0 Å². The molecule has 4 rings (SSSR count). The third-order valence-corrected chi connectivity index (χ3v) is 7.33. The molecule has 0 aromatic heterocycles. The molecule has 2 saturated heterocycles. The summed E-state index contributed by atoms with van der Waals surface area (Å²) in [5, 5.41) is 0. The molecule has 2 heteroatoms. The maximum Gasteiger partial charge on any atom is 0.0585 e. The Hall–Kier alpha value is -1.64. The van der Waals surface area contributed by atoms with Gasteiger partial charge in [0.1, 0.15) is 0 Å². The first-order chi connectivity index (χ1) is 13.4. The van der Waals surface area contributed by atoms with E-state index >= 15 is 0 Å². The molecule has 2 aromatic rings. The maximum absolute atomic E-state index is 5.60. The molecule has 0 unspecified atom stereocenters. The fourth-order valence-electron chi connectivity index (χ4n) is 5.68. The van der Waals surface area contributed by atoms with Crippen molar-refractivity contribution in [3.8, 4) is 11.1 Å². The molecular formula is C26H34O2. The predicted octanol–water partition coefficient (Wildman–Crippen LogP) is 5.94. The Morgan fingerprint density at radius 1 is 0.607 bits per heavy atom. The Bertz CT molecular complexity index is 768. The smallest absolute Gasteiger partial charge is 0.0585 e. The Morgan fingerprint density at radius 3 is 1.07 bits per heavy atom. The standard InChI is InChI=1S/C26H34O2/c1-7-25(13-27-14-25)23-17(3)9-21(10-18(23)4)22-11-19(5)24(20(6)12-22)26(8-2)15-28-16-26/h9-12H,7-8,13-16H2,1-6H3. The highest BCUT2D eigenvalue weighted by Crippen LogP contribution is 2.43. The van der Waals surface area contributed by atoms with Crippen LogP contribution in [0.3, 0.4) is 0 Å². The van der Waals surface area contributed by atoms with Crippen molar-refractivity contribution in [2.45, 2.75) is 65.2 Å². The van der Waals surface area contributed by atoms with Gasteiger partial charge in [-0.15, -0.1) is 0 Å². The van der Waals surface area contributed by atoms with Crippen molar-refractivity contribution in [2.24, 2.45) is 0 Å². The van der Waals surface area contributed by atoms with E-state index in [1.165, 1.54) is 44.5 Å². The highest BCUT2D eigenvalue weighted by molar-refractivity contribution is 5.70. The molecule has 0 spiro atoms. The Kier molecular flexibility index (Phi) is 4.92. The van der Waals surface area contributed by atoms with Crippen LogP contribution in [0, 0.1) is 27.7 Å². The lowest BCUT2D eigenvalue weighted by molar-refractivity contribution is -0.0626. The van der Waals surface area contributed by atoms with Crippen LogP contribution < -0.4 is 0 Å². The number of ether oxygens (including phenoxy) is 2. The lowest BCUT2D eigenvalue weighted by Gasteiger charge is -2.43. The van der Waals surface area contributed by atoms with Crippen molar-refractivity contribution in [1.82, 2.24) is 0 Å². The van der Waals surface area contributed by atoms with Gasteiger partial charge in [0, 0.05) is 10.8 Å². The Labute approximate surface area is 170 Å². The van der Waals surface area contributed by atoms with Crippen molar-refractivity contribution in [3.05, 3.63) is 57.6 Å². The van der Waals surface area contributed by atoms with Crippen molar-refractivity contribution in [2.75, 3.05) is 26.4 Å². The first-order valence-electron chi connectivity index (χ1n) is 10.7. The van der Waals surface area contributed by atoms with Gasteiger partial charge in [0.2, 0.25) is 0 Å². The van der Waals surface area contributed by atoms with E-state index in [1.54, 1.807) is 0 Å². The van der Waals surface area contributed by atoms with Crippen LogP contribution in [0.5, 0.6) is 0 Å². The van der Waals surface area contributed by atoms with E-state index in [0.717, 1.165) is 39.3 Å². The summed E-state index contributed by atoms with van der Waals surface area (Å²) in [6.45, 7) is 17.1. The summed E-state index contributed by atoms with van der Waals surface area (Å²) in [4.78, 5) is 0. The van der Waals surface area contributed by atoms with E-state index in [1.807, 2.05) is 0 Å². The summed E-state index contributed by atoms with van der Waals surface area (Å²) in [6, 6.07) is 9.53. The number of rotatable bonds is 5. The van der Waals surface area contributed by atoms with Gasteiger partial charge < -0.3 is 9.47 Å². The zero-order valence-corrected chi connectivity index (χ0v) is 18.4. The SMILES string of the molecule is CCC1(c2c(C)cc(-c3cc(C)c(C4(CC)COC4)c(C)c3)cc2C)COC1. The molecule has 0 bridgehead atoms. The van der Waals surface area contributed by atoms with Crippen LogP contribution in [0.1, 0.15) is 60.1 Å². The molecule has 0 N–H and O–H groups in total. The molecule has 0 amide bonds. The van der Waals surface area contributed by atoms with Crippen molar-refractivity contribution in [1.29, 1.82) is 0 Å². The molecule has 2 heterocycles. The summed E-state index contributed by atoms with van der Waals surface area (Å²) in [7, 11) is 0. The monoisotopic (exact) mass is 378 g/mol. The average Bonchev–Trinajstić information content (AvgIpc) is 2.57. The molecular weight excluding hydrogens is 344 g/mol. The predicted molar refractivity (Wildman–Crippen MR) is 116 cm³/mol. The zero-order chi connectivity index (χ0) is 20.1. The van der Waals surface area contributed by atoms with Crippen molar-refractivity contribution >= 4 is 0 Å². The second-order valence-electron chi connectivity index (χ2n) is 9.22. The minimum absolute atomic E-state index is 0.222. The quantitative estimate of drug-likeness (QED) is 0.641. The third kappa shape index (κ3) is 2.84. The highest BCUT2D eigenvalue weighted by atomic mass is 16.5. The summed E-state index contributed by atoms with van der Waals surface area (Å²) in [6.07, 6.45) is 2.28. The average molecular weight is 379 g/mol. The van der Waals surface area contributed by atoms with Gasteiger partial charge in [-0.25, -0.2) is 0 Å². The molecule has 0 atom stereocenters. The number of hydrogen-bond donors (Lipinski definition) is 0. The number of benzene rings is 2. The van der Waals surface area contributed by atoms with Crippen LogP contribution in [0.15, 0.2) is 24.3 Å². The minimum Gasteiger partial charge on any atom is -0.379 e. The van der Waals surface area contributed by atoms with Gasteiger partial charge in [0.05, 0.1) is 26.4 Å². The van der Waals surface area contributed by atoms with Crippen LogP contribution in [-0.2, 0) is 20.3 Å². The van der Waals surface area contributed by atoms with Crippen LogP contribution in [0.4, 0.5) is 0 Å². The molecule has 28 heavy (non-hydrogen) atoms. The lowest BCUT2D eigenvalue weighted by Crippen LogP contribution is -2.47. The van der Waals surface area contributed by atoms with E-state index in [4.69, 9.17) is 9.47 Å². The van der Waals surface area contributed by atoms with E-state index in [2.05, 4.69) is 65.8 Å². The molecule has 2 aliphatic heterocycles. The van der Waals surface area contributed by atoms with Gasteiger partial charge in [-0.05, 0) is 85.0 Å². The minimum atomic E-state index is 0.222. The van der Waals surface area contributed by atoms with Crippen LogP contribution in [0.2, 0.25) is 0 Å². The van der Waals surface area contributed by atoms with Gasteiger partial charge in [-0.1, -0.05) is 38.1 Å². The number of hydrogen-bond acceptors (Lipinski definition) is 2.